The molecule has 30 heavy (non-hydrogen) atoms. The van der Waals surface area contributed by atoms with E-state index in [2.05, 4.69) is 4.72 Å². The van der Waals surface area contributed by atoms with Gasteiger partial charge in [0.25, 0.3) is 0 Å². The van der Waals surface area contributed by atoms with Gasteiger partial charge in [0.15, 0.2) is 0 Å². The fourth-order valence-electron chi connectivity index (χ4n) is 4.05. The molecule has 2 aliphatic heterocycles. The number of nitrogens with one attached hydrogen (secondary N) is 1. The molecule has 0 bridgehead atoms. The molecule has 0 spiro atoms. The van der Waals surface area contributed by atoms with E-state index >= 15 is 0 Å². The van der Waals surface area contributed by atoms with Crippen LogP contribution in [0.4, 0.5) is 5.69 Å². The Morgan fingerprint density at radius 1 is 1.17 bits per heavy atom. The van der Waals surface area contributed by atoms with Gasteiger partial charge in [-0.25, -0.2) is 13.1 Å². The first-order valence-electron chi connectivity index (χ1n) is 9.68. The summed E-state index contributed by atoms with van der Waals surface area (Å²) < 4.78 is 33.7. The zero-order valence-electron chi connectivity index (χ0n) is 16.0. The first kappa shape index (κ1) is 19.5. The maximum Gasteiger partial charge on any atom is 0.240 e. The molecule has 0 radical (unpaired) electrons. The fraction of sp³-hybridized carbons (Fsp3) is 0.286. The van der Waals surface area contributed by atoms with Crippen LogP contribution in [0, 0.1) is 0 Å². The van der Waals surface area contributed by atoms with E-state index in [1.165, 1.54) is 17.6 Å². The van der Waals surface area contributed by atoms with E-state index in [0.29, 0.717) is 36.4 Å². The van der Waals surface area contributed by atoms with Crippen molar-refractivity contribution in [1.29, 1.82) is 0 Å². The summed E-state index contributed by atoms with van der Waals surface area (Å²) in [6.07, 6.45) is 2.29. The number of sulfonamides is 1. The van der Waals surface area contributed by atoms with Crippen molar-refractivity contribution < 1.29 is 22.7 Å². The zero-order chi connectivity index (χ0) is 20.9. The third kappa shape index (κ3) is 3.37. The van der Waals surface area contributed by atoms with Crippen LogP contribution in [0.5, 0.6) is 0 Å². The van der Waals surface area contributed by atoms with Crippen molar-refractivity contribution in [3.63, 3.8) is 0 Å². The van der Waals surface area contributed by atoms with E-state index < -0.39 is 16.1 Å². The number of benzene rings is 1. The highest BCUT2D eigenvalue weighted by Gasteiger charge is 2.32. The smallest absolute Gasteiger partial charge is 0.240 e. The maximum absolute atomic E-state index is 12.9. The van der Waals surface area contributed by atoms with Gasteiger partial charge in [0, 0.05) is 29.3 Å². The minimum absolute atomic E-state index is 0.111. The molecule has 1 atom stereocenters. The summed E-state index contributed by atoms with van der Waals surface area (Å²) >= 11 is 1.33. The summed E-state index contributed by atoms with van der Waals surface area (Å²) in [6, 6.07) is 10.3. The molecular formula is C21H20N2O5S2. The van der Waals surface area contributed by atoms with Gasteiger partial charge in [0.2, 0.25) is 15.9 Å². The van der Waals surface area contributed by atoms with Crippen molar-refractivity contribution in [3.8, 4) is 0 Å². The van der Waals surface area contributed by atoms with Crippen LogP contribution in [0.15, 0.2) is 52.0 Å². The SMILES string of the molecule is O=C1CCc2cc(S(=O)(=O)NCc3ccc(C(O)c4ccco4)s3)cc3c2N1CC3. The highest BCUT2D eigenvalue weighted by molar-refractivity contribution is 7.89. The molecule has 1 unspecified atom stereocenters. The first-order valence-corrected chi connectivity index (χ1v) is 12.0. The van der Waals surface area contributed by atoms with Gasteiger partial charge < -0.3 is 14.4 Å². The molecule has 1 aromatic carbocycles. The number of nitrogens with zero attached hydrogens (tertiary/aromatic N) is 1. The minimum Gasteiger partial charge on any atom is -0.466 e. The first-order chi connectivity index (χ1) is 14.4. The number of carbonyl (C=O) groups is 1. The predicted octanol–water partition coefficient (Wildman–Crippen LogP) is 2.74. The summed E-state index contributed by atoms with van der Waals surface area (Å²) in [7, 11) is -3.70. The lowest BCUT2D eigenvalue weighted by atomic mass is 10.00. The fourth-order valence-corrected chi connectivity index (χ4v) is 6.20. The third-order valence-corrected chi connectivity index (χ3v) is 8.05. The van der Waals surface area contributed by atoms with E-state index in [-0.39, 0.29) is 17.3 Å². The topological polar surface area (TPSA) is 99.8 Å². The lowest BCUT2D eigenvalue weighted by Crippen LogP contribution is -2.33. The number of hydrogen-bond acceptors (Lipinski definition) is 6. The monoisotopic (exact) mass is 444 g/mol. The van der Waals surface area contributed by atoms with E-state index in [4.69, 9.17) is 4.42 Å². The number of hydrogen-bond donors (Lipinski definition) is 2. The van der Waals surface area contributed by atoms with Crippen LogP contribution in [0.25, 0.3) is 0 Å². The summed E-state index contributed by atoms with van der Waals surface area (Å²) in [5.74, 6) is 0.559. The average molecular weight is 445 g/mol. The standard InChI is InChI=1S/C21H20N2O5S2/c24-19-6-3-13-10-16(11-14-7-8-23(19)20(13)14)30(26,27)22-12-15-4-5-18(29-15)21(25)17-2-1-9-28-17/h1-2,4-5,9-11,21-22,25H,3,6-8,12H2. The van der Waals surface area contributed by atoms with E-state index in [1.807, 2.05) is 0 Å². The van der Waals surface area contributed by atoms with Crippen molar-refractivity contribution in [2.24, 2.45) is 0 Å². The molecule has 7 nitrogen and oxygen atoms in total. The third-order valence-electron chi connectivity index (χ3n) is 5.54. The van der Waals surface area contributed by atoms with Crippen LogP contribution >= 0.6 is 11.3 Å². The van der Waals surface area contributed by atoms with Crippen molar-refractivity contribution in [2.45, 2.75) is 36.8 Å². The number of aryl methyl sites for hydroxylation is 1. The van der Waals surface area contributed by atoms with Gasteiger partial charge in [0.1, 0.15) is 11.9 Å². The molecular weight excluding hydrogens is 424 g/mol. The highest BCUT2D eigenvalue weighted by Crippen LogP contribution is 2.38. The Hall–Kier alpha value is -2.46. The summed E-state index contributed by atoms with van der Waals surface area (Å²) in [5, 5.41) is 10.3. The van der Waals surface area contributed by atoms with Crippen LogP contribution in [0.1, 0.15) is 39.2 Å². The van der Waals surface area contributed by atoms with Crippen molar-refractivity contribution in [3.05, 3.63) is 69.3 Å². The van der Waals surface area contributed by atoms with Crippen molar-refractivity contribution in [1.82, 2.24) is 4.72 Å². The Morgan fingerprint density at radius 3 is 2.73 bits per heavy atom. The zero-order valence-corrected chi connectivity index (χ0v) is 17.6. The van der Waals surface area contributed by atoms with Crippen LogP contribution < -0.4 is 9.62 Å². The number of aliphatic hydroxyl groups is 1. The second kappa shape index (κ2) is 7.35. The number of aliphatic hydroxyl groups excluding tert-OH is 1. The van der Waals surface area contributed by atoms with Gasteiger partial charge in [-0.1, -0.05) is 0 Å². The number of furan rings is 1. The summed E-state index contributed by atoms with van der Waals surface area (Å²) in [5.41, 5.74) is 2.74. The average Bonchev–Trinajstić information content (AvgIpc) is 3.50. The van der Waals surface area contributed by atoms with E-state index in [1.54, 1.807) is 41.3 Å². The van der Waals surface area contributed by atoms with Crippen LogP contribution in [0.2, 0.25) is 0 Å². The number of rotatable bonds is 6. The minimum atomic E-state index is -3.70. The molecule has 0 aliphatic carbocycles. The molecule has 3 aromatic rings. The molecule has 1 amide bonds. The largest absolute Gasteiger partial charge is 0.466 e. The molecule has 156 valence electrons. The Kier molecular flexibility index (Phi) is 4.78. The van der Waals surface area contributed by atoms with Gasteiger partial charge in [0.05, 0.1) is 16.8 Å². The molecule has 2 aromatic heterocycles. The normalized spacial score (nSPS) is 16.7. The molecule has 4 heterocycles. The number of anilines is 1. The van der Waals surface area contributed by atoms with Crippen LogP contribution in [-0.2, 0) is 34.2 Å². The van der Waals surface area contributed by atoms with Gasteiger partial charge in [-0.3, -0.25) is 4.79 Å². The van der Waals surface area contributed by atoms with Gasteiger partial charge in [-0.05, 0) is 60.4 Å². The Morgan fingerprint density at radius 2 is 1.97 bits per heavy atom. The molecule has 2 N–H and O–H groups in total. The van der Waals surface area contributed by atoms with Crippen molar-refractivity contribution in [2.75, 3.05) is 11.4 Å². The van der Waals surface area contributed by atoms with Crippen LogP contribution in [-0.4, -0.2) is 26.0 Å². The lowest BCUT2D eigenvalue weighted by molar-refractivity contribution is -0.118. The lowest BCUT2D eigenvalue weighted by Gasteiger charge is -2.25. The summed E-state index contributed by atoms with van der Waals surface area (Å²) in [4.78, 5) is 15.5. The number of amides is 1. The quantitative estimate of drug-likeness (QED) is 0.609. The summed E-state index contributed by atoms with van der Waals surface area (Å²) in [6.45, 7) is 0.753. The Bertz CT molecular complexity index is 1210. The number of carbonyl (C=O) groups excluding carboxylic acids is 1. The van der Waals surface area contributed by atoms with Gasteiger partial charge in [-0.2, -0.15) is 0 Å². The van der Waals surface area contributed by atoms with E-state index in [0.717, 1.165) is 21.7 Å². The van der Waals surface area contributed by atoms with Crippen molar-refractivity contribution >= 4 is 33.0 Å². The van der Waals surface area contributed by atoms with Gasteiger partial charge in [-0.15, -0.1) is 11.3 Å². The Labute approximate surface area is 178 Å². The number of thiophene rings is 1. The molecule has 0 saturated heterocycles. The predicted molar refractivity (Wildman–Crippen MR) is 112 cm³/mol. The highest BCUT2D eigenvalue weighted by atomic mass is 32.2. The van der Waals surface area contributed by atoms with Gasteiger partial charge >= 0.3 is 0 Å². The molecule has 9 heteroatoms. The second-order valence-corrected chi connectivity index (χ2v) is 10.4. The second-order valence-electron chi connectivity index (χ2n) is 7.43. The van der Waals surface area contributed by atoms with Crippen LogP contribution in [0.3, 0.4) is 0 Å². The molecule has 0 fully saturated rings. The Balaban J connectivity index is 1.33. The molecule has 5 rings (SSSR count). The maximum atomic E-state index is 12.9. The van der Waals surface area contributed by atoms with E-state index in [9.17, 15) is 18.3 Å². The molecule has 2 aliphatic rings. The molecule has 0 saturated carbocycles.